The third-order valence-corrected chi connectivity index (χ3v) is 2.66. The molecule has 1 rings (SSSR count). The van der Waals surface area contributed by atoms with Gasteiger partial charge in [0, 0.05) is 15.3 Å². The zero-order valence-corrected chi connectivity index (χ0v) is 10.2. The van der Waals surface area contributed by atoms with Crippen LogP contribution in [0.3, 0.4) is 0 Å². The average molecular weight is 273 g/mol. The van der Waals surface area contributed by atoms with Gasteiger partial charge in [-0.1, -0.05) is 6.07 Å². The second kappa shape index (κ2) is 4.16. The number of benzene rings is 1. The van der Waals surface area contributed by atoms with Gasteiger partial charge in [-0.05, 0) is 46.5 Å². The van der Waals surface area contributed by atoms with Crippen LogP contribution in [0.2, 0.25) is 0 Å². The van der Waals surface area contributed by atoms with Gasteiger partial charge in [0.25, 0.3) is 0 Å². The Morgan fingerprint density at radius 3 is 2.57 bits per heavy atom. The number of aryl methyl sites for hydroxylation is 1. The van der Waals surface area contributed by atoms with Gasteiger partial charge in [0.1, 0.15) is 0 Å². The fraction of sp³-hybridized carbons (Fsp3) is 0.200. The third-order valence-electron chi connectivity index (χ3n) is 1.49. The van der Waals surface area contributed by atoms with E-state index >= 15 is 0 Å². The molecule has 1 aromatic carbocycles. The summed E-state index contributed by atoms with van der Waals surface area (Å²) in [5.41, 5.74) is 1.74. The summed E-state index contributed by atoms with van der Waals surface area (Å²) in [4.78, 5) is 0. The minimum absolute atomic E-state index is 0.690. The van der Waals surface area contributed by atoms with Gasteiger partial charge in [-0.15, -0.1) is 0 Å². The van der Waals surface area contributed by atoms with Gasteiger partial charge in [-0.2, -0.15) is 0 Å². The Balaban J connectivity index is 3.19. The van der Waals surface area contributed by atoms with E-state index in [0.717, 1.165) is 16.3 Å². The fourth-order valence-corrected chi connectivity index (χ4v) is 1.52. The lowest BCUT2D eigenvalue weighted by molar-refractivity contribution is 0.611. The van der Waals surface area contributed by atoms with E-state index in [2.05, 4.69) is 27.1 Å². The van der Waals surface area contributed by atoms with Crippen molar-refractivity contribution in [2.45, 2.75) is 6.92 Å². The van der Waals surface area contributed by atoms with Crippen molar-refractivity contribution in [3.05, 3.63) is 33.8 Å². The van der Waals surface area contributed by atoms with Crippen molar-refractivity contribution in [3.8, 4) is 11.2 Å². The predicted octanol–water partition coefficient (Wildman–Crippen LogP) is 2.11. The van der Waals surface area contributed by atoms with Gasteiger partial charge in [-0.25, -0.2) is 8.42 Å². The Kier molecular flexibility index (Phi) is 3.35. The Hall–Kier alpha value is -0.790. The molecule has 0 unspecified atom stereocenters. The Morgan fingerprint density at radius 2 is 2.00 bits per heavy atom. The molecule has 1 aromatic rings. The zero-order valence-electron chi connectivity index (χ0n) is 7.83. The molecule has 0 aliphatic heterocycles. The van der Waals surface area contributed by atoms with Crippen molar-refractivity contribution >= 4 is 25.8 Å². The quantitative estimate of drug-likeness (QED) is 0.678. The Morgan fingerprint density at radius 1 is 1.36 bits per heavy atom. The molecule has 0 N–H and O–H groups in total. The van der Waals surface area contributed by atoms with Crippen LogP contribution in [-0.2, 0) is 9.84 Å². The summed E-state index contributed by atoms with van der Waals surface area (Å²) in [5.74, 6) is 2.61. The van der Waals surface area contributed by atoms with Crippen molar-refractivity contribution in [1.29, 1.82) is 0 Å². The van der Waals surface area contributed by atoms with Gasteiger partial charge < -0.3 is 0 Å². The molecule has 4 heteroatoms. The van der Waals surface area contributed by atoms with Crippen molar-refractivity contribution in [3.63, 3.8) is 0 Å². The van der Waals surface area contributed by atoms with Crippen LogP contribution in [0.1, 0.15) is 11.1 Å². The zero-order chi connectivity index (χ0) is 10.8. The summed E-state index contributed by atoms with van der Waals surface area (Å²) in [5, 5.41) is 2.20. The first-order chi connectivity index (χ1) is 6.38. The molecule has 0 aliphatic rings. The van der Waals surface area contributed by atoms with E-state index in [9.17, 15) is 8.42 Å². The van der Waals surface area contributed by atoms with E-state index < -0.39 is 9.84 Å². The first kappa shape index (κ1) is 11.3. The molecule has 0 amide bonds. The molecule has 2 nitrogen and oxygen atoms in total. The van der Waals surface area contributed by atoms with E-state index in [4.69, 9.17) is 0 Å². The molecule has 74 valence electrons. The van der Waals surface area contributed by atoms with E-state index in [1.165, 1.54) is 0 Å². The van der Waals surface area contributed by atoms with Crippen LogP contribution in [0.4, 0.5) is 0 Å². The highest BCUT2D eigenvalue weighted by Gasteiger charge is 1.97. The minimum Gasteiger partial charge on any atom is -0.216 e. The van der Waals surface area contributed by atoms with Crippen molar-refractivity contribution in [1.82, 2.24) is 0 Å². The normalized spacial score (nSPS) is 10.5. The van der Waals surface area contributed by atoms with Gasteiger partial charge in [0.2, 0.25) is 9.84 Å². The Labute approximate surface area is 92.4 Å². The topological polar surface area (TPSA) is 34.1 Å². The molecular weight excluding hydrogens is 264 g/mol. The van der Waals surface area contributed by atoms with Crippen LogP contribution >= 0.6 is 15.9 Å². The second-order valence-corrected chi connectivity index (χ2v) is 5.59. The number of hydrogen-bond acceptors (Lipinski definition) is 2. The van der Waals surface area contributed by atoms with Crippen LogP contribution < -0.4 is 0 Å². The first-order valence-corrected chi connectivity index (χ1v) is 6.56. The maximum Gasteiger partial charge on any atom is 0.214 e. The van der Waals surface area contributed by atoms with E-state index in [1.54, 1.807) is 0 Å². The standard InChI is InChI=1S/C10H9BrO2S/c1-8-3-4-10(11)9(7-8)5-6-14(2,12)13/h3-4,7H,1-2H3. The lowest BCUT2D eigenvalue weighted by atomic mass is 10.1. The highest BCUT2D eigenvalue weighted by molar-refractivity contribution is 9.10. The van der Waals surface area contributed by atoms with E-state index in [-0.39, 0.29) is 0 Å². The number of rotatable bonds is 0. The van der Waals surface area contributed by atoms with E-state index in [0.29, 0.717) is 5.56 Å². The molecule has 0 radical (unpaired) electrons. The van der Waals surface area contributed by atoms with Gasteiger partial charge in [-0.3, -0.25) is 0 Å². The van der Waals surface area contributed by atoms with Crippen molar-refractivity contribution in [2.24, 2.45) is 0 Å². The molecule has 0 saturated carbocycles. The number of halogens is 1. The van der Waals surface area contributed by atoms with Crippen LogP contribution in [0.25, 0.3) is 0 Å². The molecule has 0 saturated heterocycles. The lowest BCUT2D eigenvalue weighted by Crippen LogP contribution is -1.89. The summed E-state index contributed by atoms with van der Waals surface area (Å²) >= 11 is 3.30. The predicted molar refractivity (Wildman–Crippen MR) is 60.6 cm³/mol. The molecule has 0 fully saturated rings. The summed E-state index contributed by atoms with van der Waals surface area (Å²) in [6.45, 7) is 1.93. The molecule has 0 atom stereocenters. The molecular formula is C10H9BrO2S. The lowest BCUT2D eigenvalue weighted by Gasteiger charge is -1.96. The highest BCUT2D eigenvalue weighted by Crippen LogP contribution is 2.16. The van der Waals surface area contributed by atoms with Gasteiger partial charge in [0.05, 0.1) is 6.26 Å². The van der Waals surface area contributed by atoms with Crippen LogP contribution in [0.5, 0.6) is 0 Å². The van der Waals surface area contributed by atoms with Crippen LogP contribution in [-0.4, -0.2) is 14.7 Å². The monoisotopic (exact) mass is 272 g/mol. The van der Waals surface area contributed by atoms with Gasteiger partial charge >= 0.3 is 0 Å². The molecule has 0 aromatic heterocycles. The smallest absolute Gasteiger partial charge is 0.214 e. The maximum absolute atomic E-state index is 10.8. The van der Waals surface area contributed by atoms with E-state index in [1.807, 2.05) is 25.1 Å². The second-order valence-electron chi connectivity index (χ2n) is 2.98. The van der Waals surface area contributed by atoms with Gasteiger partial charge in [0.15, 0.2) is 0 Å². The molecule has 0 aliphatic carbocycles. The molecule has 14 heavy (non-hydrogen) atoms. The highest BCUT2D eigenvalue weighted by atomic mass is 79.9. The largest absolute Gasteiger partial charge is 0.216 e. The molecule has 0 heterocycles. The summed E-state index contributed by atoms with van der Waals surface area (Å²) in [6.07, 6.45) is 1.09. The number of sulfone groups is 1. The van der Waals surface area contributed by atoms with Crippen molar-refractivity contribution < 1.29 is 8.42 Å². The SMILES string of the molecule is Cc1ccc(Br)c(C#CS(C)(=O)=O)c1. The molecule has 0 spiro atoms. The average Bonchev–Trinajstić information content (AvgIpc) is 2.05. The minimum atomic E-state index is -3.23. The third kappa shape index (κ3) is 3.52. The Bertz CT molecular complexity index is 507. The van der Waals surface area contributed by atoms with Crippen LogP contribution in [0.15, 0.2) is 22.7 Å². The number of hydrogen-bond donors (Lipinski definition) is 0. The van der Waals surface area contributed by atoms with Crippen LogP contribution in [0, 0.1) is 18.1 Å². The van der Waals surface area contributed by atoms with Crippen molar-refractivity contribution in [2.75, 3.05) is 6.26 Å². The summed E-state index contributed by atoms with van der Waals surface area (Å²) < 4.78 is 22.4. The summed E-state index contributed by atoms with van der Waals surface area (Å²) in [6, 6.07) is 5.61. The fourth-order valence-electron chi connectivity index (χ4n) is 0.883. The molecule has 0 bridgehead atoms. The first-order valence-electron chi connectivity index (χ1n) is 3.87. The maximum atomic E-state index is 10.8. The summed E-state index contributed by atoms with van der Waals surface area (Å²) in [7, 11) is -3.23.